The molecule has 1 atom stereocenters. The van der Waals surface area contributed by atoms with Crippen molar-refractivity contribution in [2.24, 2.45) is 0 Å². The molecule has 0 amide bonds. The van der Waals surface area contributed by atoms with Crippen molar-refractivity contribution in [2.75, 3.05) is 6.54 Å². The summed E-state index contributed by atoms with van der Waals surface area (Å²) in [5, 5.41) is 12.9. The fourth-order valence-electron chi connectivity index (χ4n) is 2.57. The molecule has 0 spiro atoms. The molecule has 5 heteroatoms. The van der Waals surface area contributed by atoms with Crippen LogP contribution in [-0.4, -0.2) is 21.2 Å². The van der Waals surface area contributed by atoms with Crippen molar-refractivity contribution in [1.82, 2.24) is 14.9 Å². The molecule has 0 radical (unpaired) electrons. The van der Waals surface area contributed by atoms with Crippen molar-refractivity contribution < 1.29 is 9.52 Å². The predicted octanol–water partition coefficient (Wildman–Crippen LogP) is 3.38. The zero-order valence-corrected chi connectivity index (χ0v) is 13.9. The second kappa shape index (κ2) is 7.95. The Labute approximate surface area is 142 Å². The van der Waals surface area contributed by atoms with E-state index >= 15 is 0 Å². The highest BCUT2D eigenvalue weighted by Crippen LogP contribution is 2.24. The number of aliphatic hydroxyl groups is 1. The maximum atomic E-state index is 9.55. The number of hydrogen-bond donors (Lipinski definition) is 2. The summed E-state index contributed by atoms with van der Waals surface area (Å²) in [6.07, 6.45) is 6.21. The second-order valence-electron chi connectivity index (χ2n) is 5.89. The van der Waals surface area contributed by atoms with Crippen LogP contribution >= 0.6 is 0 Å². The first kappa shape index (κ1) is 16.5. The van der Waals surface area contributed by atoms with Gasteiger partial charge >= 0.3 is 0 Å². The summed E-state index contributed by atoms with van der Waals surface area (Å²) in [4.78, 5) is 4.03. The summed E-state index contributed by atoms with van der Waals surface area (Å²) >= 11 is 0. The van der Waals surface area contributed by atoms with Crippen LogP contribution in [-0.2, 0) is 13.1 Å². The van der Waals surface area contributed by atoms with Crippen molar-refractivity contribution in [3.05, 3.63) is 66.4 Å². The molecule has 0 aliphatic rings. The summed E-state index contributed by atoms with van der Waals surface area (Å²) in [5.41, 5.74) is 1.93. The summed E-state index contributed by atoms with van der Waals surface area (Å²) in [6.45, 7) is 4.37. The molecule has 126 valence electrons. The molecule has 0 saturated heterocycles. The van der Waals surface area contributed by atoms with E-state index in [2.05, 4.69) is 14.9 Å². The van der Waals surface area contributed by atoms with Crippen molar-refractivity contribution >= 4 is 0 Å². The van der Waals surface area contributed by atoms with E-state index in [0.717, 1.165) is 48.7 Å². The van der Waals surface area contributed by atoms with Gasteiger partial charge in [-0.1, -0.05) is 24.3 Å². The Morgan fingerprint density at radius 2 is 2.04 bits per heavy atom. The molecule has 0 fully saturated rings. The first-order valence-corrected chi connectivity index (χ1v) is 8.26. The van der Waals surface area contributed by atoms with Gasteiger partial charge in [-0.25, -0.2) is 4.98 Å². The van der Waals surface area contributed by atoms with Crippen molar-refractivity contribution in [2.45, 2.75) is 32.5 Å². The van der Waals surface area contributed by atoms with Gasteiger partial charge in [0.25, 0.3) is 0 Å². The first-order chi connectivity index (χ1) is 11.7. The maximum Gasteiger partial charge on any atom is 0.134 e. The van der Waals surface area contributed by atoms with E-state index in [9.17, 15) is 5.11 Å². The van der Waals surface area contributed by atoms with E-state index in [1.165, 1.54) is 0 Å². The van der Waals surface area contributed by atoms with Crippen LogP contribution < -0.4 is 5.32 Å². The molecule has 3 aromatic rings. The van der Waals surface area contributed by atoms with Gasteiger partial charge in [0, 0.05) is 24.5 Å². The minimum Gasteiger partial charge on any atom is -0.460 e. The number of hydrogen-bond acceptors (Lipinski definition) is 4. The topological polar surface area (TPSA) is 63.2 Å². The third-order valence-electron chi connectivity index (χ3n) is 3.97. The Kier molecular flexibility index (Phi) is 5.46. The number of aryl methyl sites for hydroxylation is 1. The van der Waals surface area contributed by atoms with Crippen LogP contribution in [0.3, 0.4) is 0 Å². The average Bonchev–Trinajstić information content (AvgIpc) is 3.26. The van der Waals surface area contributed by atoms with Crippen LogP contribution in [0.5, 0.6) is 0 Å². The zero-order chi connectivity index (χ0) is 16.8. The zero-order valence-electron chi connectivity index (χ0n) is 13.9. The largest absolute Gasteiger partial charge is 0.460 e. The van der Waals surface area contributed by atoms with Crippen LogP contribution in [0.4, 0.5) is 0 Å². The number of furan rings is 1. The van der Waals surface area contributed by atoms with Crippen molar-refractivity contribution in [1.29, 1.82) is 0 Å². The number of aliphatic hydroxyl groups excluding tert-OH is 1. The number of nitrogens with one attached hydrogen (secondary N) is 1. The van der Waals surface area contributed by atoms with E-state index in [1.54, 1.807) is 13.1 Å². The summed E-state index contributed by atoms with van der Waals surface area (Å²) < 4.78 is 7.96. The van der Waals surface area contributed by atoms with Gasteiger partial charge in [0.1, 0.15) is 11.5 Å². The van der Waals surface area contributed by atoms with Gasteiger partial charge in [0.15, 0.2) is 0 Å². The van der Waals surface area contributed by atoms with Gasteiger partial charge in [-0.2, -0.15) is 0 Å². The third-order valence-corrected chi connectivity index (χ3v) is 3.97. The van der Waals surface area contributed by atoms with E-state index in [-0.39, 0.29) is 0 Å². The minimum absolute atomic E-state index is 0.447. The highest BCUT2D eigenvalue weighted by Gasteiger charge is 2.06. The number of imidazole rings is 1. The third kappa shape index (κ3) is 4.34. The SMILES string of the molecule is CC(O)c1ccc(-c2ccc(CNCCCn3ccnc3)o2)cc1. The van der Waals surface area contributed by atoms with Crippen molar-refractivity contribution in [3.8, 4) is 11.3 Å². The monoisotopic (exact) mass is 325 g/mol. The molecule has 0 aliphatic carbocycles. The molecular formula is C19H23N3O2. The molecule has 2 N–H and O–H groups in total. The lowest BCUT2D eigenvalue weighted by molar-refractivity contribution is 0.199. The fraction of sp³-hybridized carbons (Fsp3) is 0.316. The van der Waals surface area contributed by atoms with E-state index in [4.69, 9.17) is 4.42 Å². The summed E-state index contributed by atoms with van der Waals surface area (Å²) in [5.74, 6) is 1.77. The fourth-order valence-corrected chi connectivity index (χ4v) is 2.57. The Morgan fingerprint density at radius 1 is 1.21 bits per heavy atom. The minimum atomic E-state index is -0.447. The lowest BCUT2D eigenvalue weighted by Gasteiger charge is -2.05. The number of aromatic nitrogens is 2. The Morgan fingerprint density at radius 3 is 2.75 bits per heavy atom. The average molecular weight is 325 g/mol. The van der Waals surface area contributed by atoms with Crippen LogP contribution in [0.1, 0.15) is 30.8 Å². The highest BCUT2D eigenvalue weighted by atomic mass is 16.3. The lowest BCUT2D eigenvalue weighted by atomic mass is 10.1. The quantitative estimate of drug-likeness (QED) is 0.623. The van der Waals surface area contributed by atoms with Gasteiger partial charge in [0.05, 0.1) is 19.0 Å². The Bertz CT molecular complexity index is 730. The normalized spacial score (nSPS) is 12.4. The Hall–Kier alpha value is -2.37. The van der Waals surface area contributed by atoms with Gasteiger partial charge in [-0.3, -0.25) is 0 Å². The van der Waals surface area contributed by atoms with Crippen LogP contribution in [0.25, 0.3) is 11.3 Å². The molecule has 0 saturated carbocycles. The molecule has 2 aromatic heterocycles. The van der Waals surface area contributed by atoms with Gasteiger partial charge < -0.3 is 19.4 Å². The first-order valence-electron chi connectivity index (χ1n) is 8.26. The van der Waals surface area contributed by atoms with E-state index in [0.29, 0.717) is 0 Å². The molecule has 0 aliphatic heterocycles. The smallest absolute Gasteiger partial charge is 0.134 e. The van der Waals surface area contributed by atoms with Crippen LogP contribution in [0.2, 0.25) is 0 Å². The van der Waals surface area contributed by atoms with Crippen molar-refractivity contribution in [3.63, 3.8) is 0 Å². The lowest BCUT2D eigenvalue weighted by Crippen LogP contribution is -2.15. The molecule has 0 bridgehead atoms. The molecule has 1 unspecified atom stereocenters. The Balaban J connectivity index is 1.46. The molecule has 2 heterocycles. The van der Waals surface area contributed by atoms with Gasteiger partial charge in [-0.15, -0.1) is 0 Å². The summed E-state index contributed by atoms with van der Waals surface area (Å²) in [7, 11) is 0. The molecule has 24 heavy (non-hydrogen) atoms. The second-order valence-corrected chi connectivity index (χ2v) is 5.89. The molecular weight excluding hydrogens is 302 g/mol. The predicted molar refractivity (Wildman–Crippen MR) is 93.3 cm³/mol. The number of rotatable bonds is 8. The summed E-state index contributed by atoms with van der Waals surface area (Å²) in [6, 6.07) is 11.8. The number of benzene rings is 1. The van der Waals surface area contributed by atoms with E-state index in [1.807, 2.05) is 48.9 Å². The number of nitrogens with zero attached hydrogens (tertiary/aromatic N) is 2. The molecule has 5 nitrogen and oxygen atoms in total. The van der Waals surface area contributed by atoms with Gasteiger partial charge in [-0.05, 0) is 37.6 Å². The van der Waals surface area contributed by atoms with E-state index < -0.39 is 6.10 Å². The molecule has 3 rings (SSSR count). The van der Waals surface area contributed by atoms with Crippen LogP contribution in [0.15, 0.2) is 59.5 Å². The molecule has 1 aromatic carbocycles. The maximum absolute atomic E-state index is 9.55. The van der Waals surface area contributed by atoms with Crippen LogP contribution in [0, 0.1) is 0 Å². The standard InChI is InChI=1S/C19H23N3O2/c1-15(23)16-3-5-17(6-4-16)19-8-7-18(24-19)13-20-9-2-11-22-12-10-21-14-22/h3-8,10,12,14-15,20,23H,2,9,11,13H2,1H3. The van der Waals surface area contributed by atoms with Gasteiger partial charge in [0.2, 0.25) is 0 Å². The highest BCUT2D eigenvalue weighted by molar-refractivity contribution is 5.58.